The van der Waals surface area contributed by atoms with Crippen LogP contribution < -0.4 is 0 Å². The van der Waals surface area contributed by atoms with Gasteiger partial charge in [0.25, 0.3) is 0 Å². The number of carbonyl (C=O) groups excluding carboxylic acids is 2. The van der Waals surface area contributed by atoms with Crippen LogP contribution in [-0.2, 0) is 14.3 Å². The van der Waals surface area contributed by atoms with Crippen LogP contribution >= 0.6 is 0 Å². The highest BCUT2D eigenvalue weighted by Gasteiger charge is 2.32. The molecule has 2 rings (SSSR count). The lowest BCUT2D eigenvalue weighted by atomic mass is 9.97. The maximum atomic E-state index is 12.2. The molecular formula is C17H26N2O5. The first kappa shape index (κ1) is 18.3. The average Bonchev–Trinajstić information content (AvgIpc) is 2.43. The molecule has 2 fully saturated rings. The molecule has 0 aliphatic carbocycles. The van der Waals surface area contributed by atoms with E-state index in [9.17, 15) is 14.4 Å². The van der Waals surface area contributed by atoms with Crippen molar-refractivity contribution in [3.8, 4) is 0 Å². The highest BCUT2D eigenvalue weighted by atomic mass is 16.6. The van der Waals surface area contributed by atoms with Crippen molar-refractivity contribution in [3.63, 3.8) is 0 Å². The summed E-state index contributed by atoms with van der Waals surface area (Å²) >= 11 is 0. The molecule has 1 unspecified atom stereocenters. The SMILES string of the molecule is CC(C)(C)OC(=O)N1CC(C=CC(=O)N2CCCC(C(=O)O)C2)C1. The Morgan fingerprint density at radius 1 is 1.12 bits per heavy atom. The second-order valence-electron chi connectivity index (χ2n) is 7.47. The van der Waals surface area contributed by atoms with Gasteiger partial charge >= 0.3 is 12.1 Å². The predicted molar refractivity (Wildman–Crippen MR) is 87.4 cm³/mol. The summed E-state index contributed by atoms with van der Waals surface area (Å²) in [5.74, 6) is -1.33. The molecule has 2 heterocycles. The second kappa shape index (κ2) is 7.23. The molecule has 0 radical (unpaired) electrons. The second-order valence-corrected chi connectivity index (χ2v) is 7.47. The third-order valence-electron chi connectivity index (χ3n) is 4.15. The van der Waals surface area contributed by atoms with Crippen molar-refractivity contribution in [1.29, 1.82) is 0 Å². The van der Waals surface area contributed by atoms with Crippen molar-refractivity contribution in [1.82, 2.24) is 9.80 Å². The van der Waals surface area contributed by atoms with Gasteiger partial charge in [-0.3, -0.25) is 9.59 Å². The van der Waals surface area contributed by atoms with Crippen molar-refractivity contribution < 1.29 is 24.2 Å². The molecule has 2 aliphatic heterocycles. The number of carboxylic acids is 1. The largest absolute Gasteiger partial charge is 0.481 e. The van der Waals surface area contributed by atoms with E-state index in [4.69, 9.17) is 9.84 Å². The molecule has 0 aromatic carbocycles. The van der Waals surface area contributed by atoms with Gasteiger partial charge in [-0.1, -0.05) is 6.08 Å². The van der Waals surface area contributed by atoms with Crippen molar-refractivity contribution in [2.45, 2.75) is 39.2 Å². The number of hydrogen-bond acceptors (Lipinski definition) is 4. The lowest BCUT2D eigenvalue weighted by Crippen LogP contribution is -2.51. The molecule has 2 amide bonds. The molecule has 7 heteroatoms. The van der Waals surface area contributed by atoms with E-state index in [0.29, 0.717) is 32.5 Å². The van der Waals surface area contributed by atoms with Gasteiger partial charge in [-0.05, 0) is 39.7 Å². The van der Waals surface area contributed by atoms with Gasteiger partial charge in [0, 0.05) is 32.1 Å². The van der Waals surface area contributed by atoms with Crippen LogP contribution in [0.3, 0.4) is 0 Å². The van der Waals surface area contributed by atoms with Gasteiger partial charge in [-0.15, -0.1) is 0 Å². The fourth-order valence-electron chi connectivity index (χ4n) is 2.81. The van der Waals surface area contributed by atoms with Gasteiger partial charge in [-0.25, -0.2) is 4.79 Å². The molecule has 0 bridgehead atoms. The summed E-state index contributed by atoms with van der Waals surface area (Å²) in [6, 6.07) is 0. The standard InChI is InChI=1S/C17H26N2O5/c1-17(2,3)24-16(23)19-9-12(10-19)6-7-14(20)18-8-4-5-13(11-18)15(21)22/h6-7,12-13H,4-5,8-11H2,1-3H3,(H,21,22). The van der Waals surface area contributed by atoms with Gasteiger partial charge in [-0.2, -0.15) is 0 Å². The Kier molecular flexibility index (Phi) is 5.51. The van der Waals surface area contributed by atoms with E-state index >= 15 is 0 Å². The molecule has 134 valence electrons. The van der Waals surface area contributed by atoms with Crippen LogP contribution in [0.2, 0.25) is 0 Å². The number of hydrogen-bond donors (Lipinski definition) is 1. The number of amides is 2. The number of ether oxygens (including phenoxy) is 1. The zero-order chi connectivity index (χ0) is 17.9. The lowest BCUT2D eigenvalue weighted by molar-refractivity contribution is -0.144. The van der Waals surface area contributed by atoms with E-state index in [1.807, 2.05) is 20.8 Å². The van der Waals surface area contributed by atoms with Crippen LogP contribution in [0.15, 0.2) is 12.2 Å². The van der Waals surface area contributed by atoms with E-state index in [2.05, 4.69) is 0 Å². The Hall–Kier alpha value is -2.05. The number of carbonyl (C=O) groups is 3. The summed E-state index contributed by atoms with van der Waals surface area (Å²) in [5.41, 5.74) is -0.511. The first-order valence-electron chi connectivity index (χ1n) is 8.33. The van der Waals surface area contributed by atoms with E-state index in [1.54, 1.807) is 15.9 Å². The molecule has 0 spiro atoms. The fourth-order valence-corrected chi connectivity index (χ4v) is 2.81. The molecule has 0 aromatic rings. The lowest BCUT2D eigenvalue weighted by Gasteiger charge is -2.38. The Bertz CT molecular complexity index is 532. The maximum absolute atomic E-state index is 12.2. The van der Waals surface area contributed by atoms with E-state index < -0.39 is 17.5 Å². The molecule has 0 saturated carbocycles. The molecule has 24 heavy (non-hydrogen) atoms. The quantitative estimate of drug-likeness (QED) is 0.792. The van der Waals surface area contributed by atoms with Crippen LogP contribution in [0, 0.1) is 11.8 Å². The molecule has 7 nitrogen and oxygen atoms in total. The van der Waals surface area contributed by atoms with Crippen LogP contribution in [0.5, 0.6) is 0 Å². The van der Waals surface area contributed by atoms with Gasteiger partial charge in [0.05, 0.1) is 5.92 Å². The highest BCUT2D eigenvalue weighted by molar-refractivity contribution is 5.88. The zero-order valence-corrected chi connectivity index (χ0v) is 14.5. The zero-order valence-electron chi connectivity index (χ0n) is 14.5. The number of carboxylic acid groups (broad SMARTS) is 1. The summed E-state index contributed by atoms with van der Waals surface area (Å²) in [7, 11) is 0. The number of aliphatic carboxylic acids is 1. The summed E-state index contributed by atoms with van der Waals surface area (Å²) in [6.07, 6.45) is 4.30. The highest BCUT2D eigenvalue weighted by Crippen LogP contribution is 2.21. The molecule has 2 saturated heterocycles. The minimum absolute atomic E-state index is 0.140. The number of nitrogens with zero attached hydrogens (tertiary/aromatic N) is 2. The first-order chi connectivity index (χ1) is 11.2. The fraction of sp³-hybridized carbons (Fsp3) is 0.706. The van der Waals surface area contributed by atoms with Crippen molar-refractivity contribution in [2.24, 2.45) is 11.8 Å². The van der Waals surface area contributed by atoms with Crippen molar-refractivity contribution >= 4 is 18.0 Å². The average molecular weight is 338 g/mol. The third-order valence-corrected chi connectivity index (χ3v) is 4.15. The van der Waals surface area contributed by atoms with Crippen LogP contribution in [0.25, 0.3) is 0 Å². The monoisotopic (exact) mass is 338 g/mol. The van der Waals surface area contributed by atoms with Gasteiger partial charge in [0.1, 0.15) is 5.60 Å². The summed E-state index contributed by atoms with van der Waals surface area (Å²) in [4.78, 5) is 38.2. The summed E-state index contributed by atoms with van der Waals surface area (Å²) in [6.45, 7) is 7.42. The van der Waals surface area contributed by atoms with Crippen LogP contribution in [0.1, 0.15) is 33.6 Å². The molecule has 1 N–H and O–H groups in total. The Morgan fingerprint density at radius 3 is 2.38 bits per heavy atom. The van der Waals surface area contributed by atoms with Crippen LogP contribution in [0.4, 0.5) is 4.79 Å². The van der Waals surface area contributed by atoms with Crippen LogP contribution in [-0.4, -0.2) is 64.7 Å². The number of likely N-dealkylation sites (tertiary alicyclic amines) is 2. The molecule has 1 atom stereocenters. The van der Waals surface area contributed by atoms with Gasteiger partial charge in [0.15, 0.2) is 0 Å². The van der Waals surface area contributed by atoms with E-state index in [1.165, 1.54) is 6.08 Å². The smallest absolute Gasteiger partial charge is 0.410 e. The number of piperidine rings is 1. The third kappa shape index (κ3) is 4.97. The normalized spacial score (nSPS) is 22.4. The van der Waals surface area contributed by atoms with E-state index in [-0.39, 0.29) is 24.5 Å². The topological polar surface area (TPSA) is 87.2 Å². The maximum Gasteiger partial charge on any atom is 0.410 e. The van der Waals surface area contributed by atoms with Crippen molar-refractivity contribution in [2.75, 3.05) is 26.2 Å². The predicted octanol–water partition coefficient (Wildman–Crippen LogP) is 1.73. The molecular weight excluding hydrogens is 312 g/mol. The Morgan fingerprint density at radius 2 is 1.79 bits per heavy atom. The minimum atomic E-state index is -0.844. The van der Waals surface area contributed by atoms with E-state index in [0.717, 1.165) is 0 Å². The summed E-state index contributed by atoms with van der Waals surface area (Å²) in [5, 5.41) is 9.06. The first-order valence-corrected chi connectivity index (χ1v) is 8.33. The Labute approximate surface area is 142 Å². The molecule has 0 aromatic heterocycles. The number of rotatable bonds is 3. The van der Waals surface area contributed by atoms with Crippen molar-refractivity contribution in [3.05, 3.63) is 12.2 Å². The van der Waals surface area contributed by atoms with Gasteiger partial charge < -0.3 is 19.6 Å². The van der Waals surface area contributed by atoms with Gasteiger partial charge in [0.2, 0.25) is 5.91 Å². The summed E-state index contributed by atoms with van der Waals surface area (Å²) < 4.78 is 5.28. The Balaban J connectivity index is 1.76. The molecule has 2 aliphatic rings. The minimum Gasteiger partial charge on any atom is -0.481 e.